The molecule has 200 valence electrons. The molecule has 0 atom stereocenters. The van der Waals surface area contributed by atoms with Crippen LogP contribution >= 0.6 is 11.6 Å². The SMILES string of the molecule is C=CC(=O)COc1ccc(C(=O)OCCc2ccc(OC(=O)c3ccc(OCC(=O)C=C)cc3)c(Cl)c2)cc1. The molecule has 0 spiro atoms. The van der Waals surface area contributed by atoms with Crippen LogP contribution in [0.4, 0.5) is 0 Å². The minimum absolute atomic E-state index is 0.104. The zero-order valence-electron chi connectivity index (χ0n) is 20.9. The van der Waals surface area contributed by atoms with E-state index in [-0.39, 0.29) is 47.7 Å². The van der Waals surface area contributed by atoms with Crippen LogP contribution in [0.5, 0.6) is 17.2 Å². The van der Waals surface area contributed by atoms with Crippen LogP contribution in [0.25, 0.3) is 0 Å². The summed E-state index contributed by atoms with van der Waals surface area (Å²) < 4.78 is 21.3. The second-order valence-electron chi connectivity index (χ2n) is 8.01. The molecule has 0 heterocycles. The van der Waals surface area contributed by atoms with E-state index in [1.54, 1.807) is 54.6 Å². The minimum Gasteiger partial charge on any atom is -0.485 e. The van der Waals surface area contributed by atoms with Crippen LogP contribution in [0, 0.1) is 0 Å². The number of ether oxygens (including phenoxy) is 4. The summed E-state index contributed by atoms with van der Waals surface area (Å²) >= 11 is 6.29. The molecular weight excluding hydrogens is 524 g/mol. The molecule has 3 aromatic carbocycles. The average Bonchev–Trinajstić information content (AvgIpc) is 2.96. The van der Waals surface area contributed by atoms with Gasteiger partial charge in [-0.1, -0.05) is 30.8 Å². The fourth-order valence-electron chi connectivity index (χ4n) is 3.09. The molecule has 8 nitrogen and oxygen atoms in total. The summed E-state index contributed by atoms with van der Waals surface area (Å²) in [6, 6.07) is 17.2. The monoisotopic (exact) mass is 548 g/mol. The lowest BCUT2D eigenvalue weighted by molar-refractivity contribution is -0.117. The summed E-state index contributed by atoms with van der Waals surface area (Å²) in [5, 5.41) is 0.223. The van der Waals surface area contributed by atoms with E-state index in [4.69, 9.17) is 30.5 Å². The van der Waals surface area contributed by atoms with Crippen LogP contribution in [0.3, 0.4) is 0 Å². The lowest BCUT2D eigenvalue weighted by Crippen LogP contribution is -2.10. The van der Waals surface area contributed by atoms with Crippen molar-refractivity contribution in [3.8, 4) is 17.2 Å². The molecule has 0 amide bonds. The molecule has 0 aliphatic rings. The van der Waals surface area contributed by atoms with E-state index in [0.29, 0.717) is 23.5 Å². The second-order valence-corrected chi connectivity index (χ2v) is 8.41. The summed E-state index contributed by atoms with van der Waals surface area (Å²) in [7, 11) is 0. The highest BCUT2D eigenvalue weighted by Crippen LogP contribution is 2.27. The maximum atomic E-state index is 12.5. The van der Waals surface area contributed by atoms with Crippen LogP contribution in [0.1, 0.15) is 26.3 Å². The van der Waals surface area contributed by atoms with Crippen molar-refractivity contribution in [1.29, 1.82) is 0 Å². The molecule has 3 aromatic rings. The molecule has 0 fully saturated rings. The van der Waals surface area contributed by atoms with Crippen molar-refractivity contribution in [3.05, 3.63) is 114 Å². The Morgan fingerprint density at radius 1 is 0.718 bits per heavy atom. The third-order valence-electron chi connectivity index (χ3n) is 5.22. The van der Waals surface area contributed by atoms with E-state index in [9.17, 15) is 19.2 Å². The van der Waals surface area contributed by atoms with Crippen molar-refractivity contribution in [2.75, 3.05) is 19.8 Å². The van der Waals surface area contributed by atoms with Crippen LogP contribution in [-0.4, -0.2) is 43.3 Å². The van der Waals surface area contributed by atoms with Crippen LogP contribution in [0.15, 0.2) is 92.0 Å². The number of carbonyl (C=O) groups is 4. The Morgan fingerprint density at radius 3 is 1.72 bits per heavy atom. The maximum absolute atomic E-state index is 12.5. The highest BCUT2D eigenvalue weighted by molar-refractivity contribution is 6.32. The van der Waals surface area contributed by atoms with Crippen molar-refractivity contribution in [2.45, 2.75) is 6.42 Å². The number of ketones is 2. The minimum atomic E-state index is -0.615. The van der Waals surface area contributed by atoms with E-state index >= 15 is 0 Å². The van der Waals surface area contributed by atoms with Crippen molar-refractivity contribution in [3.63, 3.8) is 0 Å². The molecular formula is C30H25ClO8. The molecule has 0 aliphatic heterocycles. The topological polar surface area (TPSA) is 105 Å². The van der Waals surface area contributed by atoms with E-state index < -0.39 is 11.9 Å². The number of rotatable bonds is 14. The van der Waals surface area contributed by atoms with Gasteiger partial charge in [0.2, 0.25) is 0 Å². The first-order valence-corrected chi connectivity index (χ1v) is 12.1. The zero-order valence-corrected chi connectivity index (χ0v) is 21.6. The van der Waals surface area contributed by atoms with Crippen molar-refractivity contribution in [1.82, 2.24) is 0 Å². The number of carbonyl (C=O) groups excluding carboxylic acids is 4. The molecule has 3 rings (SSSR count). The van der Waals surface area contributed by atoms with Crippen molar-refractivity contribution >= 4 is 35.1 Å². The number of hydrogen-bond donors (Lipinski definition) is 0. The quantitative estimate of drug-likeness (QED) is 0.153. The normalized spacial score (nSPS) is 10.2. The van der Waals surface area contributed by atoms with Gasteiger partial charge in [0.1, 0.15) is 17.2 Å². The standard InChI is InChI=1S/C30H25ClO8/c1-3-23(32)18-37-25-10-6-21(7-11-25)29(34)36-16-15-20-5-14-28(27(31)17-20)39-30(35)22-8-12-26(13-9-22)38-19-24(33)4-2/h3-14,17H,1-2,15-16,18-19H2. The largest absolute Gasteiger partial charge is 0.485 e. The van der Waals surface area contributed by atoms with Gasteiger partial charge >= 0.3 is 11.9 Å². The summed E-state index contributed by atoms with van der Waals surface area (Å²) in [5.41, 5.74) is 1.38. The Morgan fingerprint density at radius 2 is 1.23 bits per heavy atom. The maximum Gasteiger partial charge on any atom is 0.343 e. The number of halogens is 1. The van der Waals surface area contributed by atoms with E-state index in [1.165, 1.54) is 24.3 Å². The highest BCUT2D eigenvalue weighted by atomic mass is 35.5. The van der Waals surface area contributed by atoms with Crippen LogP contribution in [0.2, 0.25) is 5.02 Å². The van der Waals surface area contributed by atoms with Gasteiger partial charge in [-0.3, -0.25) is 9.59 Å². The molecule has 0 aromatic heterocycles. The summed E-state index contributed by atoms with van der Waals surface area (Å²) in [6.45, 7) is 6.58. The van der Waals surface area contributed by atoms with Crippen molar-refractivity contribution < 1.29 is 38.1 Å². The Balaban J connectivity index is 1.47. The predicted molar refractivity (Wildman–Crippen MR) is 145 cm³/mol. The Bertz CT molecular complexity index is 1360. The first-order chi connectivity index (χ1) is 18.8. The van der Waals surface area contributed by atoms with E-state index in [0.717, 1.165) is 5.56 Å². The lowest BCUT2D eigenvalue weighted by Gasteiger charge is -2.10. The molecule has 0 unspecified atom stereocenters. The molecule has 0 radical (unpaired) electrons. The van der Waals surface area contributed by atoms with E-state index in [1.807, 2.05) is 0 Å². The molecule has 9 heteroatoms. The van der Waals surface area contributed by atoms with E-state index in [2.05, 4.69) is 13.2 Å². The number of benzene rings is 3. The van der Waals surface area contributed by atoms with Gasteiger partial charge < -0.3 is 18.9 Å². The molecule has 0 bridgehead atoms. The molecule has 0 N–H and O–H groups in total. The first-order valence-electron chi connectivity index (χ1n) is 11.7. The fourth-order valence-corrected chi connectivity index (χ4v) is 3.33. The summed E-state index contributed by atoms with van der Waals surface area (Å²) in [4.78, 5) is 47.3. The van der Waals surface area contributed by atoms with Gasteiger partial charge in [-0.2, -0.15) is 0 Å². The Hall–Kier alpha value is -4.69. The first kappa shape index (κ1) is 28.9. The number of esters is 2. The van der Waals surface area contributed by atoms with Crippen LogP contribution < -0.4 is 14.2 Å². The summed E-state index contributed by atoms with van der Waals surface area (Å²) in [6.07, 6.45) is 2.73. The van der Waals surface area contributed by atoms with Crippen molar-refractivity contribution in [2.24, 2.45) is 0 Å². The van der Waals surface area contributed by atoms with Crippen LogP contribution in [-0.2, 0) is 20.7 Å². The Labute approximate surface area is 230 Å². The van der Waals surface area contributed by atoms with Gasteiger partial charge in [-0.05, 0) is 78.4 Å². The highest BCUT2D eigenvalue weighted by Gasteiger charge is 2.13. The number of hydrogen-bond acceptors (Lipinski definition) is 8. The lowest BCUT2D eigenvalue weighted by atomic mass is 10.1. The fraction of sp³-hybridized carbons (Fsp3) is 0.133. The third-order valence-corrected chi connectivity index (χ3v) is 5.52. The van der Waals surface area contributed by atoms with Gasteiger partial charge in [-0.25, -0.2) is 9.59 Å². The van der Waals surface area contributed by atoms with Gasteiger partial charge in [0.15, 0.2) is 24.8 Å². The predicted octanol–water partition coefficient (Wildman–Crippen LogP) is 5.23. The third kappa shape index (κ3) is 8.98. The van der Waals surface area contributed by atoms with Gasteiger partial charge in [0.05, 0.1) is 22.8 Å². The Kier molecular flexibility index (Phi) is 10.6. The van der Waals surface area contributed by atoms with Gasteiger partial charge in [0, 0.05) is 6.42 Å². The zero-order chi connectivity index (χ0) is 28.2. The molecule has 0 aliphatic carbocycles. The average molecular weight is 549 g/mol. The second kappa shape index (κ2) is 14.3. The molecule has 0 saturated heterocycles. The summed E-state index contributed by atoms with van der Waals surface area (Å²) in [5.74, 6) is -0.586. The van der Waals surface area contributed by atoms with Gasteiger partial charge in [0.25, 0.3) is 0 Å². The molecule has 0 saturated carbocycles. The van der Waals surface area contributed by atoms with Gasteiger partial charge in [-0.15, -0.1) is 0 Å². The molecule has 39 heavy (non-hydrogen) atoms. The smallest absolute Gasteiger partial charge is 0.343 e.